The van der Waals surface area contributed by atoms with Gasteiger partial charge in [0.1, 0.15) is 0 Å². The molecule has 0 amide bonds. The van der Waals surface area contributed by atoms with Crippen LogP contribution in [0.25, 0.3) is 0 Å². The van der Waals surface area contributed by atoms with Crippen LogP contribution in [0.3, 0.4) is 0 Å². The summed E-state index contributed by atoms with van der Waals surface area (Å²) in [4.78, 5) is 10.1. The van der Waals surface area contributed by atoms with Crippen molar-refractivity contribution in [2.45, 2.75) is 26.7 Å². The second kappa shape index (κ2) is 3.13. The van der Waals surface area contributed by atoms with E-state index < -0.39 is 5.97 Å². The number of carboxylic acid groups (broad SMARTS) is 1. The number of rotatable bonds is 3. The van der Waals surface area contributed by atoms with E-state index in [0.29, 0.717) is 5.41 Å². The van der Waals surface area contributed by atoms with Crippen molar-refractivity contribution in [2.75, 3.05) is 0 Å². The van der Waals surface area contributed by atoms with Crippen molar-refractivity contribution in [3.63, 3.8) is 0 Å². The molecule has 1 fully saturated rings. The lowest BCUT2D eigenvalue weighted by Gasteiger charge is -2.06. The normalized spacial score (nSPS) is 21.3. The molecule has 1 aliphatic carbocycles. The van der Waals surface area contributed by atoms with Crippen molar-refractivity contribution in [3.8, 4) is 0 Å². The Balaban J connectivity index is 2.52. The molecule has 0 bridgehead atoms. The summed E-state index contributed by atoms with van der Waals surface area (Å²) in [6.45, 7) is 4.26. The predicted octanol–water partition coefficient (Wildman–Crippen LogP) is 2.37. The standard InChI is InChI=1S/C10H14O2/c1-8(10(2)6-7-10)4-3-5-9(11)12/h3-5H,6-7H2,1-2H3,(H,11,12)/b5-3+,8-4-. The minimum atomic E-state index is -0.889. The number of hydrogen-bond donors (Lipinski definition) is 1. The molecule has 0 aromatic rings. The van der Waals surface area contributed by atoms with Crippen LogP contribution in [-0.2, 0) is 4.79 Å². The summed E-state index contributed by atoms with van der Waals surface area (Å²) in [5, 5.41) is 8.33. The molecule has 12 heavy (non-hydrogen) atoms. The summed E-state index contributed by atoms with van der Waals surface area (Å²) in [6.07, 6.45) is 7.12. The van der Waals surface area contributed by atoms with Gasteiger partial charge >= 0.3 is 5.97 Å². The Kier molecular flexibility index (Phi) is 2.36. The first-order valence-corrected chi connectivity index (χ1v) is 4.13. The van der Waals surface area contributed by atoms with Gasteiger partial charge in [-0.05, 0) is 25.2 Å². The topological polar surface area (TPSA) is 37.3 Å². The van der Waals surface area contributed by atoms with Gasteiger partial charge in [-0.3, -0.25) is 0 Å². The molecular weight excluding hydrogens is 152 g/mol. The molecule has 66 valence electrons. The van der Waals surface area contributed by atoms with Crippen LogP contribution in [0, 0.1) is 5.41 Å². The molecule has 0 aromatic carbocycles. The number of carbonyl (C=O) groups is 1. The molecule has 0 atom stereocenters. The van der Waals surface area contributed by atoms with Crippen LogP contribution in [-0.4, -0.2) is 11.1 Å². The monoisotopic (exact) mass is 166 g/mol. The number of aliphatic carboxylic acids is 1. The van der Waals surface area contributed by atoms with Crippen LogP contribution >= 0.6 is 0 Å². The maximum Gasteiger partial charge on any atom is 0.328 e. The molecule has 0 radical (unpaired) electrons. The van der Waals surface area contributed by atoms with Crippen LogP contribution in [0.4, 0.5) is 0 Å². The van der Waals surface area contributed by atoms with Gasteiger partial charge in [0.2, 0.25) is 0 Å². The van der Waals surface area contributed by atoms with Gasteiger partial charge < -0.3 is 5.11 Å². The van der Waals surface area contributed by atoms with Crippen LogP contribution in [0.5, 0.6) is 0 Å². The number of allylic oxidation sites excluding steroid dienone is 3. The highest BCUT2D eigenvalue weighted by atomic mass is 16.4. The molecule has 2 nitrogen and oxygen atoms in total. The third-order valence-electron chi connectivity index (χ3n) is 2.54. The van der Waals surface area contributed by atoms with E-state index in [0.717, 1.165) is 6.08 Å². The molecule has 1 aliphatic rings. The molecule has 0 aliphatic heterocycles. The highest BCUT2D eigenvalue weighted by molar-refractivity contribution is 5.80. The Morgan fingerprint density at radius 1 is 1.50 bits per heavy atom. The third-order valence-corrected chi connectivity index (χ3v) is 2.54. The molecule has 0 saturated heterocycles. The van der Waals surface area contributed by atoms with Gasteiger partial charge in [0.25, 0.3) is 0 Å². The number of carboxylic acids is 1. The first-order chi connectivity index (χ1) is 5.54. The minimum absolute atomic E-state index is 0.364. The van der Waals surface area contributed by atoms with Crippen molar-refractivity contribution in [2.24, 2.45) is 5.41 Å². The summed E-state index contributed by atoms with van der Waals surface area (Å²) < 4.78 is 0. The first kappa shape index (κ1) is 9.04. The maximum absolute atomic E-state index is 10.1. The summed E-state index contributed by atoms with van der Waals surface area (Å²) in [5.74, 6) is -0.889. The van der Waals surface area contributed by atoms with Crippen LogP contribution in [0.15, 0.2) is 23.8 Å². The third kappa shape index (κ3) is 2.22. The lowest BCUT2D eigenvalue weighted by atomic mass is 10.00. The van der Waals surface area contributed by atoms with E-state index in [-0.39, 0.29) is 0 Å². The lowest BCUT2D eigenvalue weighted by Crippen LogP contribution is -1.93. The Bertz CT molecular complexity index is 245. The van der Waals surface area contributed by atoms with Crippen LogP contribution < -0.4 is 0 Å². The SMILES string of the molecule is C/C(=C/C=C/C(=O)O)C1(C)CC1. The fourth-order valence-electron chi connectivity index (χ4n) is 1.06. The molecule has 0 aromatic heterocycles. The van der Waals surface area contributed by atoms with E-state index in [2.05, 4.69) is 13.8 Å². The predicted molar refractivity (Wildman–Crippen MR) is 47.9 cm³/mol. The zero-order chi connectivity index (χ0) is 9.19. The summed E-state index contributed by atoms with van der Waals surface area (Å²) in [7, 11) is 0. The quantitative estimate of drug-likeness (QED) is 0.516. The Labute approximate surface area is 72.6 Å². The van der Waals surface area contributed by atoms with Crippen molar-refractivity contribution < 1.29 is 9.90 Å². The maximum atomic E-state index is 10.1. The van der Waals surface area contributed by atoms with E-state index in [1.807, 2.05) is 6.08 Å². The van der Waals surface area contributed by atoms with Gasteiger partial charge in [-0.2, -0.15) is 0 Å². The van der Waals surface area contributed by atoms with E-state index >= 15 is 0 Å². The van der Waals surface area contributed by atoms with Gasteiger partial charge in [0.15, 0.2) is 0 Å². The molecule has 0 unspecified atom stereocenters. The van der Waals surface area contributed by atoms with E-state index in [9.17, 15) is 4.79 Å². The lowest BCUT2D eigenvalue weighted by molar-refractivity contribution is -0.131. The van der Waals surface area contributed by atoms with Gasteiger partial charge in [-0.15, -0.1) is 0 Å². The van der Waals surface area contributed by atoms with Crippen LogP contribution in [0.2, 0.25) is 0 Å². The van der Waals surface area contributed by atoms with Gasteiger partial charge in [-0.25, -0.2) is 4.79 Å². The molecule has 0 heterocycles. The molecule has 1 N–H and O–H groups in total. The molecular formula is C10H14O2. The average molecular weight is 166 g/mol. The van der Waals surface area contributed by atoms with Crippen LogP contribution in [0.1, 0.15) is 26.7 Å². The average Bonchev–Trinajstić information content (AvgIpc) is 2.68. The zero-order valence-corrected chi connectivity index (χ0v) is 7.50. The second-order valence-electron chi connectivity index (χ2n) is 3.61. The highest BCUT2D eigenvalue weighted by Gasteiger charge is 2.38. The first-order valence-electron chi connectivity index (χ1n) is 4.13. The van der Waals surface area contributed by atoms with E-state index in [1.165, 1.54) is 18.4 Å². The van der Waals surface area contributed by atoms with Crippen molar-refractivity contribution >= 4 is 5.97 Å². The minimum Gasteiger partial charge on any atom is -0.478 e. The van der Waals surface area contributed by atoms with Crippen molar-refractivity contribution in [1.29, 1.82) is 0 Å². The van der Waals surface area contributed by atoms with Gasteiger partial charge in [0, 0.05) is 6.08 Å². The molecule has 2 heteroatoms. The fraction of sp³-hybridized carbons (Fsp3) is 0.500. The summed E-state index contributed by atoms with van der Waals surface area (Å²) in [5.41, 5.74) is 1.64. The Morgan fingerprint density at radius 3 is 2.50 bits per heavy atom. The fourth-order valence-corrected chi connectivity index (χ4v) is 1.06. The summed E-state index contributed by atoms with van der Waals surface area (Å²) in [6, 6.07) is 0. The molecule has 1 saturated carbocycles. The van der Waals surface area contributed by atoms with Gasteiger partial charge in [-0.1, -0.05) is 24.6 Å². The van der Waals surface area contributed by atoms with E-state index in [4.69, 9.17) is 5.11 Å². The largest absolute Gasteiger partial charge is 0.478 e. The van der Waals surface area contributed by atoms with E-state index in [1.54, 1.807) is 6.08 Å². The molecule has 1 rings (SSSR count). The van der Waals surface area contributed by atoms with Crippen molar-refractivity contribution in [1.82, 2.24) is 0 Å². The Hall–Kier alpha value is -1.05. The Morgan fingerprint density at radius 2 is 2.08 bits per heavy atom. The smallest absolute Gasteiger partial charge is 0.328 e. The zero-order valence-electron chi connectivity index (χ0n) is 7.50. The van der Waals surface area contributed by atoms with Gasteiger partial charge in [0.05, 0.1) is 0 Å². The second-order valence-corrected chi connectivity index (χ2v) is 3.61. The summed E-state index contributed by atoms with van der Waals surface area (Å²) >= 11 is 0. The number of hydrogen-bond acceptors (Lipinski definition) is 1. The highest BCUT2D eigenvalue weighted by Crippen LogP contribution is 2.50. The molecule has 0 spiro atoms. The van der Waals surface area contributed by atoms with Crippen molar-refractivity contribution in [3.05, 3.63) is 23.8 Å².